The highest BCUT2D eigenvalue weighted by Crippen LogP contribution is 2.22. The van der Waals surface area contributed by atoms with E-state index in [1.807, 2.05) is 35.7 Å². The first kappa shape index (κ1) is 35.7. The fourth-order valence-electron chi connectivity index (χ4n) is 4.79. The average Bonchev–Trinajstić information content (AvgIpc) is 3.63. The van der Waals surface area contributed by atoms with Gasteiger partial charge in [-0.25, -0.2) is 0 Å². The summed E-state index contributed by atoms with van der Waals surface area (Å²) >= 11 is 1.35. The Labute approximate surface area is 279 Å². The Bertz CT molecular complexity index is 1550. The summed E-state index contributed by atoms with van der Waals surface area (Å²) in [7, 11) is 0. The van der Waals surface area contributed by atoms with Crippen LogP contribution in [0.5, 0.6) is 5.75 Å². The molecule has 2 amide bonds. The first-order valence-electron chi connectivity index (χ1n) is 15.7. The predicted octanol–water partition coefficient (Wildman–Crippen LogP) is 5.87. The van der Waals surface area contributed by atoms with Crippen molar-refractivity contribution in [3.05, 3.63) is 111 Å². The molecule has 4 aromatic rings. The van der Waals surface area contributed by atoms with Crippen LogP contribution in [0.3, 0.4) is 0 Å². The SMILES string of the molecule is O=C(Nc1cccc(COCCOCCCCCCNC[C@@H](O)c2ccc(O)c(CO)c2)c1)c1cccc(NC(=O)c2cccs2)c1. The number of nitrogens with one attached hydrogen (secondary N) is 3. The molecule has 0 saturated carbocycles. The van der Waals surface area contributed by atoms with Crippen LogP contribution >= 0.6 is 11.3 Å². The number of aliphatic hydroxyl groups is 2. The quantitative estimate of drug-likeness (QED) is 0.0645. The molecule has 47 heavy (non-hydrogen) atoms. The van der Waals surface area contributed by atoms with Gasteiger partial charge in [0, 0.05) is 35.7 Å². The van der Waals surface area contributed by atoms with Crippen LogP contribution in [0.4, 0.5) is 11.4 Å². The van der Waals surface area contributed by atoms with Crippen LogP contribution in [-0.4, -0.2) is 60.0 Å². The second-order valence-electron chi connectivity index (χ2n) is 11.0. The van der Waals surface area contributed by atoms with Crippen molar-refractivity contribution in [2.45, 2.75) is 45.0 Å². The molecule has 0 bridgehead atoms. The molecule has 0 saturated heterocycles. The van der Waals surface area contributed by atoms with Gasteiger partial charge in [0.15, 0.2) is 0 Å². The third-order valence-corrected chi connectivity index (χ3v) is 8.21. The smallest absolute Gasteiger partial charge is 0.265 e. The summed E-state index contributed by atoms with van der Waals surface area (Å²) in [6.45, 7) is 2.97. The van der Waals surface area contributed by atoms with Crippen LogP contribution in [0.1, 0.15) is 68.5 Å². The zero-order chi connectivity index (χ0) is 33.3. The molecular formula is C36H43N3O7S. The number of amides is 2. The number of unbranched alkanes of at least 4 members (excludes halogenated alkanes) is 3. The molecule has 0 aliphatic heterocycles. The third-order valence-electron chi connectivity index (χ3n) is 7.34. The lowest BCUT2D eigenvalue weighted by atomic mass is 10.1. The second-order valence-corrected chi connectivity index (χ2v) is 12.0. The topological polar surface area (TPSA) is 149 Å². The van der Waals surface area contributed by atoms with Crippen molar-refractivity contribution < 1.29 is 34.4 Å². The number of rotatable bonds is 20. The fraction of sp³-hybridized carbons (Fsp3) is 0.333. The number of thiophene rings is 1. The molecule has 3 aromatic carbocycles. The van der Waals surface area contributed by atoms with Gasteiger partial charge >= 0.3 is 0 Å². The Morgan fingerprint density at radius 2 is 1.55 bits per heavy atom. The van der Waals surface area contributed by atoms with Crippen LogP contribution in [0.25, 0.3) is 0 Å². The lowest BCUT2D eigenvalue weighted by Crippen LogP contribution is -2.22. The molecule has 4 rings (SSSR count). The fourth-order valence-corrected chi connectivity index (χ4v) is 5.41. The Kier molecular flexibility index (Phi) is 14.9. The maximum absolute atomic E-state index is 12.9. The number of anilines is 2. The lowest BCUT2D eigenvalue weighted by molar-refractivity contribution is 0.0393. The van der Waals surface area contributed by atoms with Gasteiger partial charge in [0.25, 0.3) is 11.8 Å². The van der Waals surface area contributed by atoms with Crippen molar-refractivity contribution in [3.63, 3.8) is 0 Å². The average molecular weight is 662 g/mol. The molecule has 0 radical (unpaired) electrons. The summed E-state index contributed by atoms with van der Waals surface area (Å²) in [6.07, 6.45) is 3.37. The number of carbonyl (C=O) groups is 2. The van der Waals surface area contributed by atoms with Crippen LogP contribution in [0.15, 0.2) is 84.2 Å². The zero-order valence-electron chi connectivity index (χ0n) is 26.3. The summed E-state index contributed by atoms with van der Waals surface area (Å²) in [5.74, 6) is -0.461. The Morgan fingerprint density at radius 3 is 2.36 bits per heavy atom. The van der Waals surface area contributed by atoms with Crippen LogP contribution in [0.2, 0.25) is 0 Å². The molecule has 1 aromatic heterocycles. The maximum Gasteiger partial charge on any atom is 0.265 e. The molecule has 250 valence electrons. The van der Waals surface area contributed by atoms with Gasteiger partial charge in [0.1, 0.15) is 5.75 Å². The van der Waals surface area contributed by atoms with E-state index in [1.54, 1.807) is 42.5 Å². The predicted molar refractivity (Wildman–Crippen MR) is 184 cm³/mol. The number of aliphatic hydroxyl groups excluding tert-OH is 2. The van der Waals surface area contributed by atoms with Crippen molar-refractivity contribution in [2.24, 2.45) is 0 Å². The molecule has 0 spiro atoms. The van der Waals surface area contributed by atoms with E-state index in [0.717, 1.165) is 37.8 Å². The van der Waals surface area contributed by atoms with E-state index in [1.165, 1.54) is 17.4 Å². The van der Waals surface area contributed by atoms with Crippen molar-refractivity contribution in [1.82, 2.24) is 5.32 Å². The summed E-state index contributed by atoms with van der Waals surface area (Å²) in [5, 5.41) is 40.1. The highest BCUT2D eigenvalue weighted by molar-refractivity contribution is 7.12. The molecule has 11 heteroatoms. The van der Waals surface area contributed by atoms with E-state index >= 15 is 0 Å². The minimum Gasteiger partial charge on any atom is -0.508 e. The number of benzene rings is 3. The third kappa shape index (κ3) is 12.2. The van der Waals surface area contributed by atoms with Crippen LogP contribution in [0, 0.1) is 0 Å². The highest BCUT2D eigenvalue weighted by atomic mass is 32.1. The van der Waals surface area contributed by atoms with Gasteiger partial charge in [0.05, 0.1) is 37.4 Å². The standard InChI is InChI=1S/C36H43N3O7S/c40-24-29-21-27(13-14-32(29)41)33(42)23-37-15-3-1-2-4-16-45-17-18-46-25-26-8-5-10-30(20-26)38-35(43)28-9-6-11-31(22-28)39-36(44)34-12-7-19-47-34/h5-14,19-22,33,37,40-42H,1-4,15-18,23-25H2,(H,38,43)(H,39,44)/t33-/m1/s1. The van der Waals surface area contributed by atoms with Gasteiger partial charge in [-0.05, 0) is 84.4 Å². The molecule has 0 unspecified atom stereocenters. The molecule has 1 atom stereocenters. The first-order valence-corrected chi connectivity index (χ1v) is 16.6. The van der Waals surface area contributed by atoms with Crippen molar-refractivity contribution in [3.8, 4) is 5.75 Å². The first-order chi connectivity index (χ1) is 22.9. The number of aromatic hydroxyl groups is 1. The number of carbonyl (C=O) groups excluding carboxylic acids is 2. The highest BCUT2D eigenvalue weighted by Gasteiger charge is 2.12. The molecule has 10 nitrogen and oxygen atoms in total. The van der Waals surface area contributed by atoms with Crippen molar-refractivity contribution in [1.29, 1.82) is 0 Å². The molecule has 0 aliphatic carbocycles. The number of phenols is 1. The van der Waals surface area contributed by atoms with Crippen molar-refractivity contribution >= 4 is 34.5 Å². The zero-order valence-corrected chi connectivity index (χ0v) is 27.1. The van der Waals surface area contributed by atoms with Crippen LogP contribution < -0.4 is 16.0 Å². The Morgan fingerprint density at radius 1 is 0.787 bits per heavy atom. The van der Waals surface area contributed by atoms with Crippen LogP contribution in [-0.2, 0) is 22.7 Å². The van der Waals surface area contributed by atoms with E-state index in [0.29, 0.717) is 65.9 Å². The lowest BCUT2D eigenvalue weighted by Gasteiger charge is -2.14. The van der Waals surface area contributed by atoms with Crippen molar-refractivity contribution in [2.75, 3.05) is 43.5 Å². The van der Waals surface area contributed by atoms with Gasteiger partial charge in [-0.2, -0.15) is 0 Å². The minimum atomic E-state index is -0.700. The second kappa shape index (κ2) is 19.5. The number of hydrogen-bond acceptors (Lipinski definition) is 9. The Balaban J connectivity index is 1.03. The summed E-state index contributed by atoms with van der Waals surface area (Å²) in [6, 6.07) is 22.6. The summed E-state index contributed by atoms with van der Waals surface area (Å²) in [4.78, 5) is 25.8. The van der Waals surface area contributed by atoms with E-state index in [4.69, 9.17) is 9.47 Å². The van der Waals surface area contributed by atoms with E-state index in [2.05, 4.69) is 16.0 Å². The Hall–Kier alpha value is -4.10. The molecule has 0 fully saturated rings. The van der Waals surface area contributed by atoms with E-state index in [9.17, 15) is 24.9 Å². The van der Waals surface area contributed by atoms with Gasteiger partial charge in [-0.3, -0.25) is 9.59 Å². The van der Waals surface area contributed by atoms with E-state index in [-0.39, 0.29) is 24.2 Å². The van der Waals surface area contributed by atoms with E-state index < -0.39 is 6.10 Å². The minimum absolute atomic E-state index is 0.0254. The van der Waals surface area contributed by atoms with Gasteiger partial charge < -0.3 is 40.7 Å². The van der Waals surface area contributed by atoms with Gasteiger partial charge in [-0.1, -0.05) is 43.2 Å². The normalized spacial score (nSPS) is 11.7. The molecular weight excluding hydrogens is 618 g/mol. The molecule has 0 aliphatic rings. The number of ether oxygens (including phenoxy) is 2. The maximum atomic E-state index is 12.9. The van der Waals surface area contributed by atoms with Gasteiger partial charge in [-0.15, -0.1) is 11.3 Å². The molecule has 1 heterocycles. The summed E-state index contributed by atoms with van der Waals surface area (Å²) in [5.41, 5.74) is 3.63. The molecule has 6 N–H and O–H groups in total. The largest absolute Gasteiger partial charge is 0.508 e. The summed E-state index contributed by atoms with van der Waals surface area (Å²) < 4.78 is 11.5. The number of hydrogen-bond donors (Lipinski definition) is 6. The van der Waals surface area contributed by atoms with Gasteiger partial charge in [0.2, 0.25) is 0 Å². The monoisotopic (exact) mass is 661 g/mol.